The molecule has 1 atom stereocenters. The summed E-state index contributed by atoms with van der Waals surface area (Å²) < 4.78 is 11.7. The maximum Gasteiger partial charge on any atom is 0.180 e. The Labute approximate surface area is 197 Å². The molecule has 0 spiro atoms. The van der Waals surface area contributed by atoms with Gasteiger partial charge in [-0.3, -0.25) is 0 Å². The van der Waals surface area contributed by atoms with Crippen LogP contribution in [0.1, 0.15) is 30.5 Å². The van der Waals surface area contributed by atoms with E-state index in [0.29, 0.717) is 42.8 Å². The van der Waals surface area contributed by atoms with Crippen molar-refractivity contribution in [2.45, 2.75) is 40.0 Å². The van der Waals surface area contributed by atoms with E-state index >= 15 is 0 Å². The second kappa shape index (κ2) is 15.6. The molecule has 0 radical (unpaired) electrons. The van der Waals surface area contributed by atoms with Crippen LogP contribution in [0.15, 0.2) is 36.4 Å². The lowest BCUT2D eigenvalue weighted by atomic mass is 10.1. The number of rotatable bonds is 12. The number of ether oxygens (including phenoxy) is 2. The van der Waals surface area contributed by atoms with Crippen LogP contribution in [0.4, 0.5) is 0 Å². The van der Waals surface area contributed by atoms with Crippen molar-refractivity contribution < 1.29 is 14.6 Å². The van der Waals surface area contributed by atoms with Gasteiger partial charge in [0.15, 0.2) is 11.5 Å². The molecule has 2 aromatic carbocycles. The summed E-state index contributed by atoms with van der Waals surface area (Å²) in [6, 6.07) is 12.1. The first-order chi connectivity index (χ1) is 13.5. The molecule has 0 fully saturated rings. The fourth-order valence-corrected chi connectivity index (χ4v) is 2.97. The number of hydrogen-bond donors (Lipinski definition) is 3. The zero-order valence-corrected chi connectivity index (χ0v) is 20.1. The highest BCUT2D eigenvalue weighted by molar-refractivity contribution is 6.32. The monoisotopic (exact) mass is 478 g/mol. The number of halogens is 3. The highest BCUT2D eigenvalue weighted by Crippen LogP contribution is 2.37. The third-order valence-electron chi connectivity index (χ3n) is 4.12. The Bertz CT molecular complexity index is 728. The fraction of sp³-hybridized carbons (Fsp3) is 0.455. The van der Waals surface area contributed by atoms with Crippen LogP contribution in [-0.2, 0) is 13.2 Å². The number of aliphatic hydroxyl groups is 1. The summed E-state index contributed by atoms with van der Waals surface area (Å²) in [5, 5.41) is 16.3. The van der Waals surface area contributed by atoms with Crippen molar-refractivity contribution in [2.75, 3.05) is 26.2 Å². The maximum atomic E-state index is 9.23. The van der Waals surface area contributed by atoms with Gasteiger partial charge < -0.3 is 25.2 Å². The molecule has 0 aliphatic carbocycles. The van der Waals surface area contributed by atoms with Gasteiger partial charge in [-0.15, -0.1) is 24.8 Å². The third-order valence-corrected chi connectivity index (χ3v) is 4.40. The molecule has 2 rings (SSSR count). The largest absolute Gasteiger partial charge is 0.490 e. The van der Waals surface area contributed by atoms with Gasteiger partial charge in [0.05, 0.1) is 17.7 Å². The number of benzene rings is 2. The highest BCUT2D eigenvalue weighted by atomic mass is 35.5. The molecule has 0 saturated carbocycles. The van der Waals surface area contributed by atoms with Gasteiger partial charge in [0, 0.05) is 26.2 Å². The minimum atomic E-state index is -0.333. The topological polar surface area (TPSA) is 62.8 Å². The molecule has 0 aliphatic rings. The fourth-order valence-electron chi connectivity index (χ4n) is 2.69. The van der Waals surface area contributed by atoms with E-state index in [2.05, 4.69) is 29.7 Å². The van der Waals surface area contributed by atoms with Gasteiger partial charge in [0.1, 0.15) is 6.61 Å². The molecule has 8 heteroatoms. The molecule has 0 bridgehead atoms. The summed E-state index contributed by atoms with van der Waals surface area (Å²) in [4.78, 5) is 0. The van der Waals surface area contributed by atoms with Crippen molar-refractivity contribution in [3.8, 4) is 11.5 Å². The Morgan fingerprint density at radius 2 is 1.67 bits per heavy atom. The van der Waals surface area contributed by atoms with E-state index in [1.165, 1.54) is 5.56 Å². The summed E-state index contributed by atoms with van der Waals surface area (Å²) in [7, 11) is 0. The molecule has 170 valence electrons. The third kappa shape index (κ3) is 10.2. The summed E-state index contributed by atoms with van der Waals surface area (Å²) in [6.07, 6.45) is -0.333. The summed E-state index contributed by atoms with van der Waals surface area (Å²) in [6.45, 7) is 9.59. The van der Waals surface area contributed by atoms with Crippen LogP contribution < -0.4 is 20.1 Å². The normalized spacial score (nSPS) is 11.2. The van der Waals surface area contributed by atoms with Gasteiger partial charge in [0.2, 0.25) is 0 Å². The second-order valence-corrected chi connectivity index (χ2v) is 7.25. The van der Waals surface area contributed by atoms with E-state index in [9.17, 15) is 5.11 Å². The van der Waals surface area contributed by atoms with E-state index in [0.717, 1.165) is 24.2 Å². The zero-order valence-electron chi connectivity index (χ0n) is 17.7. The van der Waals surface area contributed by atoms with Crippen molar-refractivity contribution in [1.29, 1.82) is 0 Å². The Morgan fingerprint density at radius 1 is 1.00 bits per heavy atom. The predicted octanol–water partition coefficient (Wildman–Crippen LogP) is 4.53. The molecule has 0 saturated heterocycles. The Balaban J connectivity index is 0.00000420. The molecule has 0 heterocycles. The molecule has 5 nitrogen and oxygen atoms in total. The first-order valence-corrected chi connectivity index (χ1v) is 10.1. The van der Waals surface area contributed by atoms with Gasteiger partial charge in [-0.1, -0.05) is 41.4 Å². The molecular weight excluding hydrogens is 447 g/mol. The Kier molecular flexibility index (Phi) is 14.9. The summed E-state index contributed by atoms with van der Waals surface area (Å²) >= 11 is 6.49. The molecule has 0 aliphatic heterocycles. The van der Waals surface area contributed by atoms with E-state index in [1.807, 2.05) is 31.2 Å². The van der Waals surface area contributed by atoms with Crippen LogP contribution in [0, 0.1) is 6.92 Å². The quantitative estimate of drug-likeness (QED) is 0.390. The van der Waals surface area contributed by atoms with Crippen molar-refractivity contribution in [3.63, 3.8) is 0 Å². The number of aryl methyl sites for hydroxylation is 1. The standard InChI is InChI=1S/C22H31ClN2O3.2ClH/c1-4-27-21-12-19(14-25-10-9-24-13-17(3)26)11-20(23)22(21)28-15-18-7-5-16(2)6-8-18;;/h5-8,11-12,17,24-26H,4,9-10,13-15H2,1-3H3;2*1H. The van der Waals surface area contributed by atoms with Crippen LogP contribution in [0.3, 0.4) is 0 Å². The molecule has 3 N–H and O–H groups in total. The first kappa shape index (κ1) is 28.8. The Morgan fingerprint density at radius 3 is 2.30 bits per heavy atom. The molecular formula is C22H33Cl3N2O3. The van der Waals surface area contributed by atoms with E-state index in [4.69, 9.17) is 21.1 Å². The van der Waals surface area contributed by atoms with Gasteiger partial charge in [-0.25, -0.2) is 0 Å². The van der Waals surface area contributed by atoms with Crippen LogP contribution in [-0.4, -0.2) is 37.5 Å². The smallest absolute Gasteiger partial charge is 0.180 e. The number of nitrogens with one attached hydrogen (secondary N) is 2. The van der Waals surface area contributed by atoms with Gasteiger partial charge in [0.25, 0.3) is 0 Å². The highest BCUT2D eigenvalue weighted by Gasteiger charge is 2.13. The first-order valence-electron chi connectivity index (χ1n) is 9.72. The zero-order chi connectivity index (χ0) is 20.4. The summed E-state index contributed by atoms with van der Waals surface area (Å²) in [5.74, 6) is 1.23. The van der Waals surface area contributed by atoms with E-state index < -0.39 is 0 Å². The van der Waals surface area contributed by atoms with Crippen molar-refractivity contribution in [3.05, 3.63) is 58.1 Å². The van der Waals surface area contributed by atoms with Crippen molar-refractivity contribution in [1.82, 2.24) is 10.6 Å². The second-order valence-electron chi connectivity index (χ2n) is 6.84. The average molecular weight is 480 g/mol. The van der Waals surface area contributed by atoms with Crippen LogP contribution in [0.2, 0.25) is 5.02 Å². The Hall–Kier alpha value is -1.21. The van der Waals surface area contributed by atoms with E-state index in [-0.39, 0.29) is 30.9 Å². The molecule has 0 amide bonds. The van der Waals surface area contributed by atoms with Crippen LogP contribution >= 0.6 is 36.4 Å². The van der Waals surface area contributed by atoms with Gasteiger partial charge in [-0.05, 0) is 44.0 Å². The minimum Gasteiger partial charge on any atom is -0.490 e. The van der Waals surface area contributed by atoms with Crippen LogP contribution in [0.5, 0.6) is 11.5 Å². The molecule has 2 aromatic rings. The maximum absolute atomic E-state index is 9.23. The molecule has 0 aromatic heterocycles. The minimum absolute atomic E-state index is 0. The average Bonchev–Trinajstić information content (AvgIpc) is 2.65. The predicted molar refractivity (Wildman–Crippen MR) is 129 cm³/mol. The lowest BCUT2D eigenvalue weighted by molar-refractivity contribution is 0.191. The van der Waals surface area contributed by atoms with Gasteiger partial charge >= 0.3 is 0 Å². The number of aliphatic hydroxyl groups excluding tert-OH is 1. The number of hydrogen-bond acceptors (Lipinski definition) is 5. The van der Waals surface area contributed by atoms with Crippen molar-refractivity contribution in [2.24, 2.45) is 0 Å². The van der Waals surface area contributed by atoms with E-state index in [1.54, 1.807) is 6.92 Å². The SMILES string of the molecule is CCOc1cc(CNCCNCC(C)O)cc(Cl)c1OCc1ccc(C)cc1.Cl.Cl. The molecule has 30 heavy (non-hydrogen) atoms. The summed E-state index contributed by atoms with van der Waals surface area (Å²) in [5.41, 5.74) is 3.33. The molecule has 1 unspecified atom stereocenters. The lowest BCUT2D eigenvalue weighted by Crippen LogP contribution is -2.31. The lowest BCUT2D eigenvalue weighted by Gasteiger charge is -2.16. The van der Waals surface area contributed by atoms with Crippen LogP contribution in [0.25, 0.3) is 0 Å². The van der Waals surface area contributed by atoms with Gasteiger partial charge in [-0.2, -0.15) is 0 Å². The van der Waals surface area contributed by atoms with Crippen molar-refractivity contribution >= 4 is 36.4 Å².